The van der Waals surface area contributed by atoms with Gasteiger partial charge in [0, 0.05) is 12.0 Å². The summed E-state index contributed by atoms with van der Waals surface area (Å²) >= 11 is 0. The third kappa shape index (κ3) is 4.25. The maximum atomic E-state index is 9.62. The van der Waals surface area contributed by atoms with Crippen molar-refractivity contribution in [1.82, 2.24) is 0 Å². The highest BCUT2D eigenvalue weighted by Crippen LogP contribution is 2.37. The second-order valence-electron chi connectivity index (χ2n) is 6.71. The van der Waals surface area contributed by atoms with Gasteiger partial charge in [-0.25, -0.2) is 0 Å². The van der Waals surface area contributed by atoms with Crippen molar-refractivity contribution < 1.29 is 9.53 Å². The SMILES string of the molecule is C[C@@H](O)C(C)(C)CO[Si](C)(C)C(C)(C)C. The Labute approximate surface area is 96.2 Å². The largest absolute Gasteiger partial charge is 0.416 e. The minimum atomic E-state index is -1.67. The van der Waals surface area contributed by atoms with Gasteiger partial charge < -0.3 is 9.53 Å². The number of rotatable bonds is 4. The van der Waals surface area contributed by atoms with Crippen LogP contribution in [-0.2, 0) is 4.43 Å². The van der Waals surface area contributed by atoms with E-state index in [1.54, 1.807) is 0 Å². The lowest BCUT2D eigenvalue weighted by atomic mass is 9.89. The third-order valence-electron chi connectivity index (χ3n) is 3.74. The molecule has 0 fully saturated rings. The zero-order chi connectivity index (χ0) is 12.5. The Balaban J connectivity index is 4.40. The van der Waals surface area contributed by atoms with Crippen molar-refractivity contribution in [1.29, 1.82) is 0 Å². The molecule has 1 N–H and O–H groups in total. The van der Waals surface area contributed by atoms with E-state index in [9.17, 15) is 5.11 Å². The van der Waals surface area contributed by atoms with Gasteiger partial charge in [0.05, 0.1) is 6.10 Å². The Hall–Kier alpha value is 0.137. The van der Waals surface area contributed by atoms with Gasteiger partial charge in [0.1, 0.15) is 0 Å². The van der Waals surface area contributed by atoms with E-state index < -0.39 is 8.32 Å². The fraction of sp³-hybridized carbons (Fsp3) is 1.00. The van der Waals surface area contributed by atoms with Crippen molar-refractivity contribution in [3.8, 4) is 0 Å². The van der Waals surface area contributed by atoms with Crippen molar-refractivity contribution in [2.24, 2.45) is 5.41 Å². The Morgan fingerprint density at radius 1 is 1.13 bits per heavy atom. The average molecular weight is 232 g/mol. The molecule has 0 heterocycles. The summed E-state index contributed by atoms with van der Waals surface area (Å²) in [6.07, 6.45) is -0.331. The van der Waals surface area contributed by atoms with Crippen LogP contribution in [0.4, 0.5) is 0 Å². The van der Waals surface area contributed by atoms with Crippen molar-refractivity contribution >= 4 is 8.32 Å². The molecule has 1 atom stereocenters. The first kappa shape index (κ1) is 15.1. The van der Waals surface area contributed by atoms with E-state index in [-0.39, 0.29) is 16.6 Å². The molecule has 0 saturated carbocycles. The van der Waals surface area contributed by atoms with E-state index in [1.807, 2.05) is 20.8 Å². The van der Waals surface area contributed by atoms with E-state index in [1.165, 1.54) is 0 Å². The van der Waals surface area contributed by atoms with Crippen LogP contribution in [0.25, 0.3) is 0 Å². The van der Waals surface area contributed by atoms with E-state index >= 15 is 0 Å². The second kappa shape index (κ2) is 4.56. The van der Waals surface area contributed by atoms with Gasteiger partial charge >= 0.3 is 0 Å². The Morgan fingerprint density at radius 2 is 1.53 bits per heavy atom. The van der Waals surface area contributed by atoms with E-state index in [0.29, 0.717) is 6.61 Å². The standard InChI is InChI=1S/C12H28O2Si/c1-10(13)12(5,6)9-14-15(7,8)11(2,3)4/h10,13H,9H2,1-8H3/t10-/m1/s1. The van der Waals surface area contributed by atoms with Gasteiger partial charge in [0.25, 0.3) is 0 Å². The molecular weight excluding hydrogens is 204 g/mol. The molecule has 15 heavy (non-hydrogen) atoms. The molecule has 0 aromatic carbocycles. The van der Waals surface area contributed by atoms with Gasteiger partial charge in [-0.1, -0.05) is 34.6 Å². The van der Waals surface area contributed by atoms with Crippen molar-refractivity contribution in [3.05, 3.63) is 0 Å². The minimum Gasteiger partial charge on any atom is -0.416 e. The summed E-state index contributed by atoms with van der Waals surface area (Å²) in [5.74, 6) is 0. The van der Waals surface area contributed by atoms with Crippen LogP contribution in [-0.4, -0.2) is 26.1 Å². The molecule has 0 radical (unpaired) electrons. The summed E-state index contributed by atoms with van der Waals surface area (Å²) in [6.45, 7) is 17.7. The van der Waals surface area contributed by atoms with Crippen LogP contribution in [0.2, 0.25) is 18.1 Å². The zero-order valence-electron chi connectivity index (χ0n) is 11.6. The first-order valence-electron chi connectivity index (χ1n) is 5.72. The van der Waals surface area contributed by atoms with Crippen LogP contribution in [0.5, 0.6) is 0 Å². The summed E-state index contributed by atoms with van der Waals surface area (Å²) in [7, 11) is -1.67. The van der Waals surface area contributed by atoms with Crippen LogP contribution < -0.4 is 0 Å². The minimum absolute atomic E-state index is 0.157. The maximum Gasteiger partial charge on any atom is 0.192 e. The van der Waals surface area contributed by atoms with Crippen molar-refractivity contribution in [2.45, 2.75) is 65.8 Å². The van der Waals surface area contributed by atoms with Crippen molar-refractivity contribution in [2.75, 3.05) is 6.61 Å². The molecule has 0 unspecified atom stereocenters. The van der Waals surface area contributed by atoms with E-state index in [0.717, 1.165) is 0 Å². The fourth-order valence-electron chi connectivity index (χ4n) is 0.704. The summed E-state index contributed by atoms with van der Waals surface area (Å²) in [5, 5.41) is 9.85. The fourth-order valence-corrected chi connectivity index (χ4v) is 1.87. The molecule has 0 bridgehead atoms. The first-order valence-corrected chi connectivity index (χ1v) is 8.63. The van der Waals surface area contributed by atoms with Crippen LogP contribution in [0.1, 0.15) is 41.5 Å². The third-order valence-corrected chi connectivity index (χ3v) is 8.22. The molecule has 0 saturated heterocycles. The predicted octanol–water partition coefficient (Wildman–Crippen LogP) is 3.42. The topological polar surface area (TPSA) is 29.5 Å². The Morgan fingerprint density at radius 3 is 1.80 bits per heavy atom. The van der Waals surface area contributed by atoms with Crippen LogP contribution in [0, 0.1) is 5.41 Å². The van der Waals surface area contributed by atoms with Crippen LogP contribution in [0.3, 0.4) is 0 Å². The number of aliphatic hydroxyl groups excluding tert-OH is 1. The molecule has 0 spiro atoms. The number of hydrogen-bond donors (Lipinski definition) is 1. The highest BCUT2D eigenvalue weighted by atomic mass is 28.4. The van der Waals surface area contributed by atoms with Gasteiger partial charge in [0.15, 0.2) is 8.32 Å². The molecule has 92 valence electrons. The monoisotopic (exact) mass is 232 g/mol. The van der Waals surface area contributed by atoms with E-state index in [4.69, 9.17) is 4.43 Å². The zero-order valence-corrected chi connectivity index (χ0v) is 12.6. The van der Waals surface area contributed by atoms with Crippen molar-refractivity contribution in [3.63, 3.8) is 0 Å². The van der Waals surface area contributed by atoms with Gasteiger partial charge in [0.2, 0.25) is 0 Å². The quantitative estimate of drug-likeness (QED) is 0.753. The number of aliphatic hydroxyl groups is 1. The normalized spacial score (nSPS) is 16.6. The Kier molecular flexibility index (Phi) is 4.60. The van der Waals surface area contributed by atoms with Crippen LogP contribution >= 0.6 is 0 Å². The lowest BCUT2D eigenvalue weighted by Gasteiger charge is -2.39. The lowest BCUT2D eigenvalue weighted by molar-refractivity contribution is 0.0241. The molecule has 0 rings (SSSR count). The molecule has 0 amide bonds. The first-order chi connectivity index (χ1) is 6.40. The molecule has 2 nitrogen and oxygen atoms in total. The maximum absolute atomic E-state index is 9.62. The smallest absolute Gasteiger partial charge is 0.192 e. The molecule has 0 aliphatic carbocycles. The highest BCUT2D eigenvalue weighted by Gasteiger charge is 2.39. The summed E-state index contributed by atoms with van der Waals surface area (Å²) < 4.78 is 6.10. The predicted molar refractivity (Wildman–Crippen MR) is 68.6 cm³/mol. The molecular formula is C12H28O2Si. The molecule has 0 aliphatic heterocycles. The van der Waals surface area contributed by atoms with Gasteiger partial charge in [-0.05, 0) is 25.1 Å². The van der Waals surface area contributed by atoms with Gasteiger partial charge in [-0.2, -0.15) is 0 Å². The summed E-state index contributed by atoms with van der Waals surface area (Å²) in [5.41, 5.74) is -0.157. The molecule has 0 aromatic heterocycles. The second-order valence-corrected chi connectivity index (χ2v) is 11.5. The Bertz CT molecular complexity index is 202. The van der Waals surface area contributed by atoms with E-state index in [2.05, 4.69) is 33.9 Å². The molecule has 3 heteroatoms. The average Bonchev–Trinajstić information content (AvgIpc) is 1.99. The highest BCUT2D eigenvalue weighted by molar-refractivity contribution is 6.74. The summed E-state index contributed by atoms with van der Waals surface area (Å²) in [4.78, 5) is 0. The number of hydrogen-bond acceptors (Lipinski definition) is 2. The van der Waals surface area contributed by atoms with Gasteiger partial charge in [-0.3, -0.25) is 0 Å². The van der Waals surface area contributed by atoms with Gasteiger partial charge in [-0.15, -0.1) is 0 Å². The van der Waals surface area contributed by atoms with Crippen LogP contribution in [0.15, 0.2) is 0 Å². The molecule has 0 aromatic rings. The summed E-state index contributed by atoms with van der Waals surface area (Å²) in [6, 6.07) is 0. The molecule has 0 aliphatic rings. The lowest BCUT2D eigenvalue weighted by Crippen LogP contribution is -2.44.